The third-order valence-corrected chi connectivity index (χ3v) is 1.34. The van der Waals surface area contributed by atoms with Crippen LogP contribution >= 0.6 is 0 Å². The number of hydrogen-bond acceptors (Lipinski definition) is 0. The molecular formula is C10H20. The second-order valence-corrected chi connectivity index (χ2v) is 2.19. The predicted molar refractivity (Wildman–Crippen MR) is 50.2 cm³/mol. The highest BCUT2D eigenvalue weighted by molar-refractivity contribution is 4.93. The van der Waals surface area contributed by atoms with E-state index >= 15 is 0 Å². The van der Waals surface area contributed by atoms with E-state index in [1.165, 1.54) is 12.0 Å². The minimum Gasteiger partial charge on any atom is -0.103 e. The fourth-order valence-corrected chi connectivity index (χ4v) is 0.204. The van der Waals surface area contributed by atoms with E-state index in [2.05, 4.69) is 40.3 Å². The molecule has 0 rings (SSSR count). The van der Waals surface area contributed by atoms with Gasteiger partial charge in [0.15, 0.2) is 0 Å². The van der Waals surface area contributed by atoms with Gasteiger partial charge in [-0.3, -0.25) is 0 Å². The molecule has 0 radical (unpaired) electrons. The van der Waals surface area contributed by atoms with Crippen molar-refractivity contribution in [2.45, 2.75) is 40.5 Å². The Labute approximate surface area is 65.7 Å². The first-order valence-electron chi connectivity index (χ1n) is 3.95. The Morgan fingerprint density at radius 2 is 1.80 bits per heavy atom. The summed E-state index contributed by atoms with van der Waals surface area (Å²) in [6, 6.07) is 0. The van der Waals surface area contributed by atoms with Crippen molar-refractivity contribution in [2.24, 2.45) is 0 Å². The minimum atomic E-state index is 1.08. The summed E-state index contributed by atoms with van der Waals surface area (Å²) in [7, 11) is 0. The van der Waals surface area contributed by atoms with Crippen molar-refractivity contribution in [2.75, 3.05) is 0 Å². The molecule has 0 saturated carbocycles. The highest BCUT2D eigenvalue weighted by atomic mass is 13.8. The van der Waals surface area contributed by atoms with E-state index < -0.39 is 0 Å². The zero-order chi connectivity index (χ0) is 8.41. The molecule has 0 nitrogen and oxygen atoms in total. The summed E-state index contributed by atoms with van der Waals surface area (Å²) in [6.07, 6.45) is 6.29. The normalized spacial score (nSPS) is 9.80. The van der Waals surface area contributed by atoms with Gasteiger partial charge in [0.25, 0.3) is 0 Å². The number of allylic oxidation sites excluding steroid dienone is 3. The van der Waals surface area contributed by atoms with E-state index in [1.54, 1.807) is 0 Å². The molecule has 0 N–H and O–H groups in total. The van der Waals surface area contributed by atoms with Crippen LogP contribution in [0.4, 0.5) is 0 Å². The third-order valence-electron chi connectivity index (χ3n) is 1.34. The van der Waals surface area contributed by atoms with Gasteiger partial charge in [-0.1, -0.05) is 31.6 Å². The van der Waals surface area contributed by atoms with Gasteiger partial charge >= 0.3 is 0 Å². The molecule has 0 aromatic carbocycles. The Morgan fingerprint density at radius 3 is 1.80 bits per heavy atom. The molecule has 0 heteroatoms. The molecule has 0 aliphatic carbocycles. The monoisotopic (exact) mass is 140 g/mol. The van der Waals surface area contributed by atoms with Crippen LogP contribution < -0.4 is 0 Å². The van der Waals surface area contributed by atoms with Crippen molar-refractivity contribution in [3.8, 4) is 0 Å². The van der Waals surface area contributed by atoms with Crippen molar-refractivity contribution >= 4 is 0 Å². The first kappa shape index (κ1) is 12.2. The molecule has 0 aliphatic heterocycles. The van der Waals surface area contributed by atoms with Crippen molar-refractivity contribution in [3.05, 3.63) is 24.3 Å². The lowest BCUT2D eigenvalue weighted by atomic mass is 10.2. The zero-order valence-electron chi connectivity index (χ0n) is 7.78. The van der Waals surface area contributed by atoms with E-state index in [4.69, 9.17) is 0 Å². The minimum absolute atomic E-state index is 1.08. The highest BCUT2D eigenvalue weighted by Gasteiger charge is 1.73. The van der Waals surface area contributed by atoms with Gasteiger partial charge in [-0.2, -0.15) is 0 Å². The van der Waals surface area contributed by atoms with Crippen LogP contribution in [0.25, 0.3) is 0 Å². The number of rotatable bonds is 2. The largest absolute Gasteiger partial charge is 0.103 e. The van der Waals surface area contributed by atoms with Gasteiger partial charge in [0, 0.05) is 0 Å². The van der Waals surface area contributed by atoms with E-state index in [1.807, 2.05) is 6.08 Å². The maximum absolute atomic E-state index is 3.48. The third kappa shape index (κ3) is 15.6. The van der Waals surface area contributed by atoms with Gasteiger partial charge in [0.2, 0.25) is 0 Å². The molecule has 10 heavy (non-hydrogen) atoms. The van der Waals surface area contributed by atoms with Gasteiger partial charge in [-0.15, -0.1) is 6.58 Å². The predicted octanol–water partition coefficient (Wildman–Crippen LogP) is 3.95. The van der Waals surface area contributed by atoms with E-state index in [9.17, 15) is 0 Å². The molecule has 0 unspecified atom stereocenters. The fourth-order valence-electron chi connectivity index (χ4n) is 0.204. The quantitative estimate of drug-likeness (QED) is 0.509. The van der Waals surface area contributed by atoms with Gasteiger partial charge in [0.1, 0.15) is 0 Å². The smallest absolute Gasteiger partial charge is 0.0352 e. The lowest BCUT2D eigenvalue weighted by Crippen LogP contribution is -1.63. The Morgan fingerprint density at radius 1 is 1.40 bits per heavy atom. The first-order chi connectivity index (χ1) is 4.72. The van der Waals surface area contributed by atoms with Gasteiger partial charge in [0.05, 0.1) is 0 Å². The van der Waals surface area contributed by atoms with Crippen LogP contribution in [-0.2, 0) is 0 Å². The van der Waals surface area contributed by atoms with E-state index in [0.29, 0.717) is 0 Å². The standard InChI is InChI=1S/C6H12.C4H8/c1-4-6(3)5-2;1-3-4-2/h4H,5H2,1-3H3;3H,1,4H2,2H3/b6-4+;. The summed E-state index contributed by atoms with van der Waals surface area (Å²) < 4.78 is 0. The van der Waals surface area contributed by atoms with Crippen LogP contribution in [0.3, 0.4) is 0 Å². The summed E-state index contributed by atoms with van der Waals surface area (Å²) in [5.74, 6) is 0. The van der Waals surface area contributed by atoms with Gasteiger partial charge in [-0.05, 0) is 26.7 Å². The fraction of sp³-hybridized carbons (Fsp3) is 0.600. The molecular weight excluding hydrogens is 120 g/mol. The Kier molecular flexibility index (Phi) is 13.8. The summed E-state index contributed by atoms with van der Waals surface area (Å²) in [4.78, 5) is 0. The second kappa shape index (κ2) is 11.3. The highest BCUT2D eigenvalue weighted by Crippen LogP contribution is 1.94. The second-order valence-electron chi connectivity index (χ2n) is 2.19. The molecule has 0 bridgehead atoms. The molecule has 0 heterocycles. The van der Waals surface area contributed by atoms with Gasteiger partial charge in [-0.25, -0.2) is 0 Å². The first-order valence-corrected chi connectivity index (χ1v) is 3.95. The molecule has 0 aromatic heterocycles. The van der Waals surface area contributed by atoms with Crippen molar-refractivity contribution in [1.82, 2.24) is 0 Å². The average molecular weight is 140 g/mol. The summed E-state index contributed by atoms with van der Waals surface area (Å²) in [6.45, 7) is 11.9. The van der Waals surface area contributed by atoms with Crippen molar-refractivity contribution in [3.63, 3.8) is 0 Å². The molecule has 0 amide bonds. The summed E-state index contributed by atoms with van der Waals surface area (Å²) in [5, 5.41) is 0. The molecule has 60 valence electrons. The van der Waals surface area contributed by atoms with Crippen LogP contribution in [0.2, 0.25) is 0 Å². The molecule has 0 atom stereocenters. The van der Waals surface area contributed by atoms with Crippen molar-refractivity contribution < 1.29 is 0 Å². The Balaban J connectivity index is 0. The molecule has 0 fully saturated rings. The molecule has 0 aliphatic rings. The maximum atomic E-state index is 3.48. The Hall–Kier alpha value is -0.520. The van der Waals surface area contributed by atoms with Crippen LogP contribution in [0.5, 0.6) is 0 Å². The van der Waals surface area contributed by atoms with Crippen LogP contribution in [-0.4, -0.2) is 0 Å². The van der Waals surface area contributed by atoms with E-state index in [0.717, 1.165) is 6.42 Å². The lowest BCUT2D eigenvalue weighted by Gasteiger charge is -1.85. The topological polar surface area (TPSA) is 0 Å². The van der Waals surface area contributed by atoms with Crippen LogP contribution in [0, 0.1) is 0 Å². The maximum Gasteiger partial charge on any atom is -0.0352 e. The average Bonchev–Trinajstić information content (AvgIpc) is 2.03. The van der Waals surface area contributed by atoms with E-state index in [-0.39, 0.29) is 0 Å². The molecule has 0 aromatic rings. The summed E-state index contributed by atoms with van der Waals surface area (Å²) in [5.41, 5.74) is 1.47. The zero-order valence-corrected chi connectivity index (χ0v) is 7.78. The Bertz CT molecular complexity index is 88.2. The summed E-state index contributed by atoms with van der Waals surface area (Å²) >= 11 is 0. The van der Waals surface area contributed by atoms with Gasteiger partial charge < -0.3 is 0 Å². The van der Waals surface area contributed by atoms with Crippen LogP contribution in [0.15, 0.2) is 24.3 Å². The molecule has 0 saturated heterocycles. The van der Waals surface area contributed by atoms with Crippen molar-refractivity contribution in [1.29, 1.82) is 0 Å². The lowest BCUT2D eigenvalue weighted by molar-refractivity contribution is 1.09. The SMILES string of the molecule is C/C=C(\C)CC.C=CCC. The van der Waals surface area contributed by atoms with Crippen LogP contribution in [0.1, 0.15) is 40.5 Å². The molecule has 0 spiro atoms. The number of hydrogen-bond donors (Lipinski definition) is 0.